The molecule has 1 unspecified atom stereocenters. The van der Waals surface area contributed by atoms with Crippen LogP contribution in [0.15, 0.2) is 11.1 Å². The third kappa shape index (κ3) is 6.64. The summed E-state index contributed by atoms with van der Waals surface area (Å²) >= 11 is 0. The quantitative estimate of drug-likeness (QED) is 0.155. The van der Waals surface area contributed by atoms with E-state index in [9.17, 15) is 44.7 Å². The van der Waals surface area contributed by atoms with E-state index in [1.165, 1.54) is 20.8 Å². The zero-order valence-electron chi connectivity index (χ0n) is 28.0. The van der Waals surface area contributed by atoms with Gasteiger partial charge in [-0.15, -0.1) is 0 Å². The molecule has 0 spiro atoms. The van der Waals surface area contributed by atoms with E-state index in [0.29, 0.717) is 0 Å². The van der Waals surface area contributed by atoms with Crippen molar-refractivity contribution >= 4 is 23.6 Å². The number of ketones is 1. The van der Waals surface area contributed by atoms with E-state index in [0.717, 1.165) is 6.92 Å². The minimum atomic E-state index is -2.19. The molecule has 46 heavy (non-hydrogen) atoms. The van der Waals surface area contributed by atoms with Crippen LogP contribution in [0, 0.1) is 110 Å². The van der Waals surface area contributed by atoms with Crippen molar-refractivity contribution in [3.8, 4) is 0 Å². The summed E-state index contributed by atoms with van der Waals surface area (Å²) in [5, 5.41) is 61.3. The van der Waals surface area contributed by atoms with Crippen LogP contribution in [-0.2, 0) is 33.4 Å². The van der Waals surface area contributed by atoms with Crippen LogP contribution in [0.1, 0.15) is 75.2 Å². The number of Topliss-reactive ketones (excluding diaryl/α,β-unsaturated/α-hetero) is 1. The molecule has 13 nitrogen and oxygen atoms in total. The molecule has 2 radical (unpaired) electrons. The van der Waals surface area contributed by atoms with Crippen LogP contribution in [0.5, 0.6) is 0 Å². The van der Waals surface area contributed by atoms with Crippen LogP contribution in [-0.4, -0.2) is 110 Å². The Balaban J connectivity index is 0.00000368. The van der Waals surface area contributed by atoms with E-state index in [1.54, 1.807) is 34.6 Å². The second-order valence-electron chi connectivity index (χ2n) is 14.9. The fourth-order valence-electron chi connectivity index (χ4n) is 8.13. The number of ether oxygens (including phenoxy) is 3. The zero-order valence-corrected chi connectivity index (χ0v) is 37.5. The second-order valence-corrected chi connectivity index (χ2v) is 14.9. The van der Waals surface area contributed by atoms with Gasteiger partial charge in [0.1, 0.15) is 29.5 Å². The van der Waals surface area contributed by atoms with Crippen molar-refractivity contribution in [3.05, 3.63) is 11.1 Å². The number of hydrogen-bond acceptors (Lipinski definition) is 12. The number of fused-ring (bicyclic) bond motifs is 5. The fourth-order valence-corrected chi connectivity index (χ4v) is 8.13. The van der Waals surface area contributed by atoms with Crippen LogP contribution < -0.4 is 5.32 Å². The Labute approximate surface area is 341 Å². The predicted octanol–water partition coefficient (Wildman–Crippen LogP) is -0.320. The van der Waals surface area contributed by atoms with Gasteiger partial charge in [0, 0.05) is 126 Å². The number of aliphatic hydroxyl groups is 5. The summed E-state index contributed by atoms with van der Waals surface area (Å²) < 4.78 is 17.1. The van der Waals surface area contributed by atoms with Crippen LogP contribution in [0.3, 0.4) is 0 Å². The van der Waals surface area contributed by atoms with Crippen LogP contribution in [0.25, 0.3) is 0 Å². The number of amides is 1. The second kappa shape index (κ2) is 14.2. The molecule has 0 aromatic carbocycles. The van der Waals surface area contributed by atoms with Gasteiger partial charge in [0.2, 0.25) is 5.91 Å². The molecule has 11 atom stereocenters. The summed E-state index contributed by atoms with van der Waals surface area (Å²) in [5.74, 6) is -4.74. The Morgan fingerprint density at radius 3 is 2.07 bits per heavy atom. The molecule has 3 aliphatic carbocycles. The standard InChI is InChI=1S/C31H47NO12.2Ac/c1-13-16(44-26(39)21(37)23(27(4,5)6)32-14(2)33)11-31(41)25(43-15(3)34)22-29(9,17(35)10-18-30(22,40)12-42-18)24(38)20(36)19(13)28(31,7)8;;/h16-18,20-23,25,35-37,40-41H,10-12H2,1-9H3,(H,32,33);;/t16?,17-,18+,20+,21+,22-,23+,25-,29+,30-,31+;;/m0../s1. The first-order valence-corrected chi connectivity index (χ1v) is 15.0. The number of esters is 2. The topological polar surface area (TPSA) is 209 Å². The van der Waals surface area contributed by atoms with Gasteiger partial charge < -0.3 is 45.1 Å². The average Bonchev–Trinajstić information content (AvgIpc) is 2.88. The van der Waals surface area contributed by atoms with Gasteiger partial charge in [-0.1, -0.05) is 34.6 Å². The molecule has 254 valence electrons. The maximum Gasteiger partial charge on any atom is 0.337 e. The number of carbonyl (C=O) groups is 4. The number of rotatable bonds is 5. The maximum absolute atomic E-state index is 14.3. The van der Waals surface area contributed by atoms with E-state index in [2.05, 4.69) is 5.32 Å². The number of hydrogen-bond donors (Lipinski definition) is 6. The molecule has 0 aromatic heterocycles. The smallest absolute Gasteiger partial charge is 0.337 e. The monoisotopic (exact) mass is 1080 g/mol. The molecule has 6 N–H and O–H groups in total. The Hall–Kier alpha value is 0.463. The molecule has 4 rings (SSSR count). The minimum Gasteiger partial charge on any atom is -0.459 e. The van der Waals surface area contributed by atoms with Gasteiger partial charge in [-0.05, 0) is 30.4 Å². The van der Waals surface area contributed by atoms with Crippen LogP contribution >= 0.6 is 0 Å². The van der Waals surface area contributed by atoms with Crippen molar-refractivity contribution in [3.63, 3.8) is 0 Å². The van der Waals surface area contributed by atoms with E-state index < -0.39 is 106 Å². The van der Waals surface area contributed by atoms with E-state index in [4.69, 9.17) is 14.2 Å². The SMILES string of the molecule is CC(=O)N[C@H]([C@@H](O)C(=O)OC1C[C@@]2(O)[C@@H](OC(C)=O)[C@@H]3[C@]4(O)CO[C@@H]4C[C@H](O)[C@@]3(C)C(=O)[C@H](O)C(=C1C)C2(C)C)C(C)(C)C.[Ac].[Ac]. The first-order valence-electron chi connectivity index (χ1n) is 15.0. The van der Waals surface area contributed by atoms with Gasteiger partial charge in [0.05, 0.1) is 30.3 Å². The van der Waals surface area contributed by atoms with Gasteiger partial charge >= 0.3 is 11.9 Å². The molecule has 1 amide bonds. The van der Waals surface area contributed by atoms with E-state index >= 15 is 0 Å². The summed E-state index contributed by atoms with van der Waals surface area (Å²) in [6.45, 7) is 13.2. The number of aliphatic hydroxyl groups excluding tert-OH is 3. The van der Waals surface area contributed by atoms with Gasteiger partial charge in [0.15, 0.2) is 11.9 Å². The number of carbonyl (C=O) groups excluding carboxylic acids is 4. The largest absolute Gasteiger partial charge is 0.459 e. The average molecular weight is 1080 g/mol. The zero-order chi connectivity index (χ0) is 33.5. The Morgan fingerprint density at radius 2 is 1.61 bits per heavy atom. The Bertz CT molecular complexity index is 1280. The normalized spacial score (nSPS) is 39.3. The van der Waals surface area contributed by atoms with Crippen molar-refractivity contribution in [2.24, 2.45) is 22.2 Å². The van der Waals surface area contributed by atoms with E-state index in [-0.39, 0.29) is 112 Å². The van der Waals surface area contributed by atoms with Crippen molar-refractivity contribution in [1.29, 1.82) is 0 Å². The summed E-state index contributed by atoms with van der Waals surface area (Å²) in [6, 6.07) is -1.05. The molecule has 2 bridgehead atoms. The van der Waals surface area contributed by atoms with Crippen LogP contribution in [0.2, 0.25) is 0 Å². The summed E-state index contributed by atoms with van der Waals surface area (Å²) in [7, 11) is 0. The summed E-state index contributed by atoms with van der Waals surface area (Å²) in [4.78, 5) is 52.2. The van der Waals surface area contributed by atoms with Crippen molar-refractivity contribution < 1.29 is 147 Å². The van der Waals surface area contributed by atoms with Crippen molar-refractivity contribution in [1.82, 2.24) is 5.32 Å². The third-order valence-corrected chi connectivity index (χ3v) is 10.8. The Kier molecular flexibility index (Phi) is 13.2. The fraction of sp³-hybridized carbons (Fsp3) is 0.806. The predicted molar refractivity (Wildman–Crippen MR) is 152 cm³/mol. The van der Waals surface area contributed by atoms with Crippen molar-refractivity contribution in [2.45, 2.75) is 129 Å². The Morgan fingerprint density at radius 1 is 1.04 bits per heavy atom. The first kappa shape index (κ1) is 42.6. The molecule has 1 aliphatic heterocycles. The summed E-state index contributed by atoms with van der Waals surface area (Å²) in [5.41, 5.74) is -7.94. The van der Waals surface area contributed by atoms with Crippen LogP contribution in [0.4, 0.5) is 0 Å². The van der Waals surface area contributed by atoms with E-state index in [1.807, 2.05) is 0 Å². The first-order chi connectivity index (χ1) is 20.0. The molecule has 1 saturated heterocycles. The third-order valence-electron chi connectivity index (χ3n) is 10.8. The molecular weight excluding hydrogens is 1030 g/mol. The van der Waals surface area contributed by atoms with Gasteiger partial charge in [-0.2, -0.15) is 0 Å². The number of nitrogens with one attached hydrogen (secondary N) is 1. The minimum absolute atomic E-state index is 0. The molecule has 15 heteroatoms. The molecule has 4 aliphatic rings. The molecule has 2 saturated carbocycles. The molecule has 0 aromatic rings. The molecule has 3 fully saturated rings. The van der Waals surface area contributed by atoms with Gasteiger partial charge in [-0.25, -0.2) is 4.79 Å². The summed E-state index contributed by atoms with van der Waals surface area (Å²) in [6.07, 6.45) is -9.62. The maximum atomic E-state index is 14.3. The van der Waals surface area contributed by atoms with Crippen molar-refractivity contribution in [2.75, 3.05) is 6.61 Å². The molecule has 1 heterocycles. The van der Waals surface area contributed by atoms with Gasteiger partial charge in [-0.3, -0.25) is 14.4 Å². The van der Waals surface area contributed by atoms with Gasteiger partial charge in [0.25, 0.3) is 0 Å². The molecular formula is C31H47Ac2NO12.